The first-order valence-electron chi connectivity index (χ1n) is 5.84. The average Bonchev–Trinajstić information content (AvgIpc) is 2.25. The Morgan fingerprint density at radius 2 is 1.88 bits per heavy atom. The highest BCUT2D eigenvalue weighted by atomic mass is 79.9. The van der Waals surface area contributed by atoms with E-state index in [-0.39, 0.29) is 5.41 Å². The van der Waals surface area contributed by atoms with E-state index in [1.807, 2.05) is 0 Å². The van der Waals surface area contributed by atoms with Crippen molar-refractivity contribution in [2.45, 2.75) is 39.1 Å². The minimum absolute atomic E-state index is 0.269. The van der Waals surface area contributed by atoms with Gasteiger partial charge in [-0.05, 0) is 36.1 Å². The third-order valence-corrected chi connectivity index (χ3v) is 4.50. The summed E-state index contributed by atoms with van der Waals surface area (Å²) in [6.07, 6.45) is 0. The van der Waals surface area contributed by atoms with E-state index in [0.717, 1.165) is 9.80 Å². The maximum absolute atomic E-state index is 3.56. The van der Waals surface area contributed by atoms with E-state index in [9.17, 15) is 0 Å². The van der Waals surface area contributed by atoms with E-state index in [2.05, 4.69) is 89.7 Å². The lowest BCUT2D eigenvalue weighted by Crippen LogP contribution is -2.39. The molecule has 96 valence electrons. The highest BCUT2D eigenvalue weighted by Gasteiger charge is 2.25. The fraction of sp³-hybridized carbons (Fsp3) is 0.571. The molecule has 0 amide bonds. The largest absolute Gasteiger partial charge is 0.371 e. The second kappa shape index (κ2) is 5.75. The number of rotatable bonds is 3. The summed E-state index contributed by atoms with van der Waals surface area (Å²) in [6.45, 7) is 9.11. The van der Waals surface area contributed by atoms with Crippen LogP contribution in [0.2, 0.25) is 0 Å². The fourth-order valence-corrected chi connectivity index (χ4v) is 2.65. The van der Waals surface area contributed by atoms with Crippen molar-refractivity contribution in [2.24, 2.45) is 5.41 Å². The quantitative estimate of drug-likeness (QED) is 0.666. The molecule has 0 fully saturated rings. The van der Waals surface area contributed by atoms with Gasteiger partial charge in [-0.2, -0.15) is 0 Å². The molecule has 1 nitrogen and oxygen atoms in total. The van der Waals surface area contributed by atoms with E-state index in [1.165, 1.54) is 11.3 Å². The Labute approximate surface area is 122 Å². The van der Waals surface area contributed by atoms with Crippen LogP contribution < -0.4 is 4.90 Å². The van der Waals surface area contributed by atoms with Crippen LogP contribution >= 0.6 is 31.9 Å². The molecule has 1 aromatic rings. The Morgan fingerprint density at radius 3 is 2.35 bits per heavy atom. The van der Waals surface area contributed by atoms with Crippen molar-refractivity contribution < 1.29 is 0 Å². The van der Waals surface area contributed by atoms with Crippen molar-refractivity contribution in [3.63, 3.8) is 0 Å². The van der Waals surface area contributed by atoms with Crippen LogP contribution in [0.1, 0.15) is 33.3 Å². The number of hydrogen-bond acceptors (Lipinski definition) is 1. The molecule has 0 radical (unpaired) electrons. The zero-order valence-corrected chi connectivity index (χ0v) is 14.4. The zero-order valence-electron chi connectivity index (χ0n) is 11.2. The van der Waals surface area contributed by atoms with Gasteiger partial charge in [0, 0.05) is 28.6 Å². The topological polar surface area (TPSA) is 3.24 Å². The van der Waals surface area contributed by atoms with Crippen molar-refractivity contribution in [3.8, 4) is 0 Å². The summed E-state index contributed by atoms with van der Waals surface area (Å²) in [6, 6.07) is 6.95. The van der Waals surface area contributed by atoms with Gasteiger partial charge in [0.15, 0.2) is 0 Å². The van der Waals surface area contributed by atoms with Gasteiger partial charge >= 0.3 is 0 Å². The molecule has 1 aromatic carbocycles. The van der Waals surface area contributed by atoms with Gasteiger partial charge in [0.2, 0.25) is 0 Å². The first-order valence-corrected chi connectivity index (χ1v) is 7.76. The van der Waals surface area contributed by atoms with Crippen LogP contribution in [0.5, 0.6) is 0 Å². The first-order chi connectivity index (χ1) is 7.77. The normalized spacial score (nSPS) is 13.6. The van der Waals surface area contributed by atoms with Crippen LogP contribution in [0.25, 0.3) is 0 Å². The molecule has 17 heavy (non-hydrogen) atoms. The molecule has 1 atom stereocenters. The Kier molecular flexibility index (Phi) is 5.08. The van der Waals surface area contributed by atoms with Gasteiger partial charge in [-0.25, -0.2) is 0 Å². The van der Waals surface area contributed by atoms with E-state index in [0.29, 0.717) is 6.04 Å². The molecule has 0 spiro atoms. The smallest absolute Gasteiger partial charge is 0.0408 e. The Bertz CT molecular complexity index is 382. The third kappa shape index (κ3) is 3.72. The van der Waals surface area contributed by atoms with Gasteiger partial charge in [-0.1, -0.05) is 52.6 Å². The summed E-state index contributed by atoms with van der Waals surface area (Å²) in [5.41, 5.74) is 2.89. The summed E-state index contributed by atoms with van der Waals surface area (Å²) >= 11 is 7.09. The van der Waals surface area contributed by atoms with E-state index >= 15 is 0 Å². The molecule has 1 rings (SSSR count). The molecule has 3 heteroatoms. The lowest BCUT2D eigenvalue weighted by molar-refractivity contribution is 0.329. The molecule has 0 heterocycles. The third-order valence-electron chi connectivity index (χ3n) is 3.40. The lowest BCUT2D eigenvalue weighted by Gasteiger charge is -2.37. The van der Waals surface area contributed by atoms with Crippen LogP contribution in [0.15, 0.2) is 22.7 Å². The van der Waals surface area contributed by atoms with Crippen LogP contribution in [0, 0.1) is 5.41 Å². The molecule has 0 aliphatic carbocycles. The Balaban J connectivity index is 3.08. The summed E-state index contributed by atoms with van der Waals surface area (Å²) in [4.78, 5) is 2.36. The van der Waals surface area contributed by atoms with E-state index < -0.39 is 0 Å². The van der Waals surface area contributed by atoms with Crippen LogP contribution in [0.4, 0.5) is 5.69 Å². The van der Waals surface area contributed by atoms with Crippen LogP contribution in [-0.2, 0) is 5.33 Å². The number of nitrogens with zero attached hydrogens (tertiary/aromatic N) is 1. The second-order valence-corrected chi connectivity index (χ2v) is 7.04. The lowest BCUT2D eigenvalue weighted by atomic mass is 9.86. The molecule has 0 aliphatic heterocycles. The molecular formula is C14H21Br2N. The Morgan fingerprint density at radius 1 is 1.29 bits per heavy atom. The van der Waals surface area contributed by atoms with Gasteiger partial charge in [0.25, 0.3) is 0 Å². The highest BCUT2D eigenvalue weighted by molar-refractivity contribution is 9.10. The van der Waals surface area contributed by atoms with Crippen molar-refractivity contribution >= 4 is 37.5 Å². The maximum atomic E-state index is 3.56. The average molecular weight is 363 g/mol. The SMILES string of the molecule is CC(N(C)c1ccc(Br)cc1CBr)C(C)(C)C. The molecule has 0 N–H and O–H groups in total. The van der Waals surface area contributed by atoms with Gasteiger partial charge in [-0.3, -0.25) is 0 Å². The molecular weight excluding hydrogens is 342 g/mol. The van der Waals surface area contributed by atoms with Crippen LogP contribution in [0.3, 0.4) is 0 Å². The first kappa shape index (κ1) is 15.0. The number of alkyl halides is 1. The summed E-state index contributed by atoms with van der Waals surface area (Å²) in [7, 11) is 2.17. The molecule has 0 saturated carbocycles. The second-order valence-electron chi connectivity index (χ2n) is 5.56. The number of halogens is 2. The molecule has 0 saturated heterocycles. The molecule has 0 bridgehead atoms. The fourth-order valence-electron chi connectivity index (χ4n) is 1.79. The Hall–Kier alpha value is -0.0200. The molecule has 0 aromatic heterocycles. The van der Waals surface area contributed by atoms with Crippen molar-refractivity contribution in [1.82, 2.24) is 0 Å². The van der Waals surface area contributed by atoms with Gasteiger partial charge in [0.1, 0.15) is 0 Å². The molecule has 0 aliphatic rings. The van der Waals surface area contributed by atoms with E-state index in [4.69, 9.17) is 0 Å². The van der Waals surface area contributed by atoms with Gasteiger partial charge in [-0.15, -0.1) is 0 Å². The summed E-state index contributed by atoms with van der Waals surface area (Å²) < 4.78 is 1.13. The van der Waals surface area contributed by atoms with Gasteiger partial charge < -0.3 is 4.90 Å². The minimum Gasteiger partial charge on any atom is -0.371 e. The molecule has 1 unspecified atom stereocenters. The highest BCUT2D eigenvalue weighted by Crippen LogP contribution is 2.31. The number of benzene rings is 1. The summed E-state index contributed by atoms with van der Waals surface area (Å²) in [5.74, 6) is 0. The summed E-state index contributed by atoms with van der Waals surface area (Å²) in [5, 5.41) is 0.878. The van der Waals surface area contributed by atoms with Crippen molar-refractivity contribution in [1.29, 1.82) is 0 Å². The van der Waals surface area contributed by atoms with Crippen molar-refractivity contribution in [2.75, 3.05) is 11.9 Å². The van der Waals surface area contributed by atoms with E-state index in [1.54, 1.807) is 0 Å². The van der Waals surface area contributed by atoms with Gasteiger partial charge in [0.05, 0.1) is 0 Å². The predicted octanol–water partition coefficient (Wildman–Crippen LogP) is 5.21. The predicted molar refractivity (Wildman–Crippen MR) is 84.1 cm³/mol. The zero-order chi connectivity index (χ0) is 13.2. The monoisotopic (exact) mass is 361 g/mol. The number of anilines is 1. The number of hydrogen-bond donors (Lipinski definition) is 0. The minimum atomic E-state index is 0.269. The maximum Gasteiger partial charge on any atom is 0.0408 e. The standard InChI is InChI=1S/C14H21Br2N/c1-10(14(2,3)4)17(5)13-7-6-12(16)8-11(13)9-15/h6-8,10H,9H2,1-5H3. The van der Waals surface area contributed by atoms with Crippen molar-refractivity contribution in [3.05, 3.63) is 28.2 Å². The van der Waals surface area contributed by atoms with Crippen LogP contribution in [-0.4, -0.2) is 13.1 Å².